The van der Waals surface area contributed by atoms with Crippen LogP contribution < -0.4 is 15.8 Å². The van der Waals surface area contributed by atoms with E-state index in [1.54, 1.807) is 13.3 Å². The Hall–Kier alpha value is -3.12. The summed E-state index contributed by atoms with van der Waals surface area (Å²) in [6.45, 7) is 6.25. The molecule has 31 heavy (non-hydrogen) atoms. The fraction of sp³-hybridized carbons (Fsp3) is 0.360. The van der Waals surface area contributed by atoms with E-state index < -0.39 is 0 Å². The van der Waals surface area contributed by atoms with Gasteiger partial charge in [-0.05, 0) is 73.2 Å². The topological polar surface area (TPSA) is 76.3 Å². The molecule has 3 aliphatic heterocycles. The van der Waals surface area contributed by atoms with E-state index in [-0.39, 0.29) is 6.04 Å². The van der Waals surface area contributed by atoms with Gasteiger partial charge in [0.15, 0.2) is 0 Å². The van der Waals surface area contributed by atoms with Crippen molar-refractivity contribution in [2.45, 2.75) is 24.9 Å². The van der Waals surface area contributed by atoms with E-state index in [1.165, 1.54) is 12.0 Å². The van der Waals surface area contributed by atoms with Crippen molar-refractivity contribution in [2.75, 3.05) is 31.2 Å². The number of ether oxygens (including phenoxy) is 1. The quantitative estimate of drug-likeness (QED) is 0.586. The van der Waals surface area contributed by atoms with Crippen LogP contribution in [0, 0.1) is 11.8 Å². The number of nitrogen functional groups attached to an aromatic ring is 1. The Morgan fingerprint density at radius 3 is 2.90 bits per heavy atom. The number of anilines is 2. The highest BCUT2D eigenvalue weighted by Gasteiger charge is 2.43. The van der Waals surface area contributed by atoms with Crippen LogP contribution in [-0.4, -0.2) is 41.1 Å². The number of fused-ring (bicyclic) bond motifs is 4. The average Bonchev–Trinajstić information content (AvgIpc) is 2.83. The number of nitrogens with one attached hydrogen (secondary N) is 1. The number of pyridine rings is 2. The molecule has 5 atom stereocenters. The minimum atomic E-state index is 0.0309. The maximum absolute atomic E-state index is 6.27. The molecule has 160 valence electrons. The lowest BCUT2D eigenvalue weighted by Gasteiger charge is -2.51. The first-order chi connectivity index (χ1) is 15.2. The van der Waals surface area contributed by atoms with Gasteiger partial charge in [0.1, 0.15) is 11.6 Å². The van der Waals surface area contributed by atoms with Gasteiger partial charge in [0.25, 0.3) is 0 Å². The lowest BCUT2D eigenvalue weighted by atomic mass is 9.73. The second kappa shape index (κ2) is 8.19. The third-order valence-corrected chi connectivity index (χ3v) is 6.99. The molecule has 4 unspecified atom stereocenters. The SMILES string of the molecule is C=CC1CN2CCC1CC2[C@@H](Nc1ncccc1N)c1ccnc2ccc(OC)cc12. The summed E-state index contributed by atoms with van der Waals surface area (Å²) >= 11 is 0. The van der Waals surface area contributed by atoms with E-state index in [9.17, 15) is 0 Å². The molecule has 1 aromatic carbocycles. The van der Waals surface area contributed by atoms with E-state index >= 15 is 0 Å². The molecule has 3 saturated heterocycles. The number of rotatable bonds is 6. The van der Waals surface area contributed by atoms with Crippen molar-refractivity contribution in [1.82, 2.24) is 14.9 Å². The minimum absolute atomic E-state index is 0.0309. The summed E-state index contributed by atoms with van der Waals surface area (Å²) in [7, 11) is 1.70. The Kier molecular flexibility index (Phi) is 5.24. The third kappa shape index (κ3) is 3.61. The van der Waals surface area contributed by atoms with E-state index in [0.29, 0.717) is 23.6 Å². The smallest absolute Gasteiger partial charge is 0.149 e. The maximum atomic E-state index is 6.27. The molecule has 2 bridgehead atoms. The van der Waals surface area contributed by atoms with Crippen LogP contribution in [-0.2, 0) is 0 Å². The van der Waals surface area contributed by atoms with Crippen LogP contribution in [0.15, 0.2) is 61.4 Å². The standard InChI is InChI=1S/C25H29N5O/c1-3-16-15-30-12-9-17(16)13-23(30)24(29-25-21(26)5-4-10-28-25)19-8-11-27-22-7-6-18(31-2)14-20(19)22/h3-8,10-11,14,16-17,23-24H,1,9,12-13,15,26H2,2H3,(H,28,29)/t16?,17?,23?,24-/m0/s1. The van der Waals surface area contributed by atoms with E-state index in [0.717, 1.165) is 42.0 Å². The molecule has 0 radical (unpaired) electrons. The summed E-state index contributed by atoms with van der Waals surface area (Å²) in [6, 6.07) is 12.3. The Labute approximate surface area is 183 Å². The maximum Gasteiger partial charge on any atom is 0.149 e. The second-order valence-electron chi connectivity index (χ2n) is 8.59. The van der Waals surface area contributed by atoms with Crippen molar-refractivity contribution in [3.8, 4) is 5.75 Å². The molecule has 3 aromatic rings. The molecule has 2 aromatic heterocycles. The van der Waals surface area contributed by atoms with Crippen molar-refractivity contribution in [1.29, 1.82) is 0 Å². The number of nitrogens with two attached hydrogens (primary N) is 1. The molecule has 0 aliphatic carbocycles. The van der Waals surface area contributed by atoms with Gasteiger partial charge >= 0.3 is 0 Å². The lowest BCUT2D eigenvalue weighted by Crippen LogP contribution is -2.56. The van der Waals surface area contributed by atoms with Crippen LogP contribution in [0.2, 0.25) is 0 Å². The van der Waals surface area contributed by atoms with Crippen LogP contribution in [0.25, 0.3) is 10.9 Å². The van der Waals surface area contributed by atoms with Crippen LogP contribution in [0.4, 0.5) is 11.5 Å². The molecule has 0 spiro atoms. The van der Waals surface area contributed by atoms with Crippen LogP contribution >= 0.6 is 0 Å². The van der Waals surface area contributed by atoms with Gasteiger partial charge < -0.3 is 15.8 Å². The van der Waals surface area contributed by atoms with Gasteiger partial charge in [-0.2, -0.15) is 0 Å². The Balaban J connectivity index is 1.61. The fourth-order valence-corrected chi connectivity index (χ4v) is 5.34. The van der Waals surface area contributed by atoms with Gasteiger partial charge in [0.2, 0.25) is 0 Å². The molecule has 0 saturated carbocycles. The molecule has 5 heterocycles. The minimum Gasteiger partial charge on any atom is -0.497 e. The van der Waals surface area contributed by atoms with Crippen molar-refractivity contribution >= 4 is 22.4 Å². The van der Waals surface area contributed by atoms with Gasteiger partial charge in [-0.1, -0.05) is 6.08 Å². The Morgan fingerprint density at radius 1 is 1.26 bits per heavy atom. The predicted molar refractivity (Wildman–Crippen MR) is 125 cm³/mol. The number of piperidine rings is 3. The second-order valence-corrected chi connectivity index (χ2v) is 8.59. The van der Waals surface area contributed by atoms with E-state index in [1.807, 2.05) is 30.5 Å². The molecule has 6 nitrogen and oxygen atoms in total. The van der Waals surface area contributed by atoms with Gasteiger partial charge in [-0.25, -0.2) is 4.98 Å². The summed E-state index contributed by atoms with van der Waals surface area (Å²) in [5, 5.41) is 4.80. The summed E-state index contributed by atoms with van der Waals surface area (Å²) in [4.78, 5) is 11.7. The molecule has 6 rings (SSSR count). The third-order valence-electron chi connectivity index (χ3n) is 6.99. The molecule has 3 fully saturated rings. The summed E-state index contributed by atoms with van der Waals surface area (Å²) in [5.74, 6) is 2.79. The number of methoxy groups -OCH3 is 1. The summed E-state index contributed by atoms with van der Waals surface area (Å²) in [6.07, 6.45) is 8.17. The molecule has 3 aliphatic rings. The fourth-order valence-electron chi connectivity index (χ4n) is 5.34. The first-order valence-electron chi connectivity index (χ1n) is 10.9. The van der Waals surface area contributed by atoms with Crippen LogP contribution in [0.5, 0.6) is 5.75 Å². The summed E-state index contributed by atoms with van der Waals surface area (Å²) < 4.78 is 5.52. The highest BCUT2D eigenvalue weighted by Crippen LogP contribution is 2.43. The lowest BCUT2D eigenvalue weighted by molar-refractivity contribution is 0.0105. The van der Waals surface area contributed by atoms with E-state index in [2.05, 4.69) is 45.0 Å². The number of hydrogen-bond donors (Lipinski definition) is 2. The number of aromatic nitrogens is 2. The van der Waals surface area contributed by atoms with Crippen LogP contribution in [0.3, 0.4) is 0 Å². The normalized spacial score (nSPS) is 25.8. The van der Waals surface area contributed by atoms with Gasteiger partial charge in [0, 0.05) is 30.4 Å². The zero-order valence-corrected chi connectivity index (χ0v) is 17.9. The number of hydrogen-bond acceptors (Lipinski definition) is 6. The van der Waals surface area contributed by atoms with Gasteiger partial charge in [0.05, 0.1) is 24.4 Å². The first kappa shape index (κ1) is 19.8. The molecular weight excluding hydrogens is 386 g/mol. The molecule has 3 N–H and O–H groups in total. The molecular formula is C25H29N5O. The number of benzene rings is 1. The predicted octanol–water partition coefficient (Wildman–Crippen LogP) is 4.27. The number of nitrogens with zero attached hydrogens (tertiary/aromatic N) is 3. The zero-order chi connectivity index (χ0) is 21.4. The van der Waals surface area contributed by atoms with E-state index in [4.69, 9.17) is 10.5 Å². The van der Waals surface area contributed by atoms with Crippen molar-refractivity contribution in [3.63, 3.8) is 0 Å². The Bertz CT molecular complexity index is 1100. The van der Waals surface area contributed by atoms with Crippen LogP contribution in [0.1, 0.15) is 24.4 Å². The van der Waals surface area contributed by atoms with Gasteiger partial charge in [-0.3, -0.25) is 9.88 Å². The largest absolute Gasteiger partial charge is 0.497 e. The molecule has 0 amide bonds. The average molecular weight is 416 g/mol. The highest BCUT2D eigenvalue weighted by atomic mass is 16.5. The van der Waals surface area contributed by atoms with Crippen molar-refractivity contribution in [3.05, 3.63) is 67.0 Å². The van der Waals surface area contributed by atoms with Crippen molar-refractivity contribution in [2.24, 2.45) is 11.8 Å². The first-order valence-corrected chi connectivity index (χ1v) is 10.9. The molecule has 6 heteroatoms. The Morgan fingerprint density at radius 2 is 2.16 bits per heavy atom. The highest BCUT2D eigenvalue weighted by molar-refractivity contribution is 5.84. The summed E-state index contributed by atoms with van der Waals surface area (Å²) in [5.41, 5.74) is 9.08. The van der Waals surface area contributed by atoms with Crippen molar-refractivity contribution < 1.29 is 4.74 Å². The van der Waals surface area contributed by atoms with Gasteiger partial charge in [-0.15, -0.1) is 6.58 Å². The monoisotopic (exact) mass is 415 g/mol. The zero-order valence-electron chi connectivity index (χ0n) is 17.9.